The molecule has 7 nitrogen and oxygen atoms in total. The third kappa shape index (κ3) is 6.03. The van der Waals surface area contributed by atoms with E-state index in [9.17, 15) is 9.59 Å². The zero-order valence-electron chi connectivity index (χ0n) is 21.0. The van der Waals surface area contributed by atoms with Crippen molar-refractivity contribution in [2.75, 3.05) is 26.2 Å². The number of carbonyl (C=O) groups excluding carboxylic acids is 2. The zero-order chi connectivity index (χ0) is 24.9. The predicted molar refractivity (Wildman–Crippen MR) is 135 cm³/mol. The van der Waals surface area contributed by atoms with Crippen LogP contribution in [0.25, 0.3) is 0 Å². The van der Waals surface area contributed by atoms with E-state index in [-0.39, 0.29) is 18.7 Å². The monoisotopic (exact) mass is 477 g/mol. The Morgan fingerprint density at radius 1 is 1.09 bits per heavy atom. The molecule has 1 saturated heterocycles. The van der Waals surface area contributed by atoms with Gasteiger partial charge in [-0.2, -0.15) is 0 Å². The lowest BCUT2D eigenvalue weighted by atomic mass is 9.94. The van der Waals surface area contributed by atoms with Gasteiger partial charge in [-0.25, -0.2) is 9.59 Å². The number of urea groups is 1. The molecular formula is C28H35N3O4. The Morgan fingerprint density at radius 3 is 2.43 bits per heavy atom. The maximum atomic E-state index is 13.1. The standard InChI is InChI=1S/C28H35N3O4/c1-5-34-27(32)25-24(17-31-15-14-22(16-31)20-8-6-19(4)7-9-20)29-28(33)30-26(25)21-10-12-23(13-11-21)35-18(2)3/h6-13,18,22,26H,5,14-17H2,1-4H3,(H2,29,30,33)/t22-,26-/m0/s1. The molecule has 0 radical (unpaired) electrons. The quantitative estimate of drug-likeness (QED) is 0.550. The lowest BCUT2D eigenvalue weighted by Crippen LogP contribution is -2.48. The Morgan fingerprint density at radius 2 is 1.77 bits per heavy atom. The van der Waals surface area contributed by atoms with E-state index in [4.69, 9.17) is 9.47 Å². The molecule has 7 heteroatoms. The van der Waals surface area contributed by atoms with Crippen LogP contribution in [0.15, 0.2) is 59.8 Å². The van der Waals surface area contributed by atoms with Gasteiger partial charge < -0.3 is 20.1 Å². The number of carbonyl (C=O) groups is 2. The van der Waals surface area contributed by atoms with Crippen molar-refractivity contribution in [3.8, 4) is 5.75 Å². The summed E-state index contributed by atoms with van der Waals surface area (Å²) in [6, 6.07) is 15.3. The highest BCUT2D eigenvalue weighted by molar-refractivity contribution is 5.95. The molecule has 0 saturated carbocycles. The van der Waals surface area contributed by atoms with E-state index in [0.29, 0.717) is 23.7 Å². The molecule has 2 aliphatic rings. The fourth-order valence-electron chi connectivity index (χ4n) is 4.76. The third-order valence-electron chi connectivity index (χ3n) is 6.44. The molecule has 0 aromatic heterocycles. The van der Waals surface area contributed by atoms with Crippen molar-refractivity contribution in [3.05, 3.63) is 76.5 Å². The molecule has 0 unspecified atom stereocenters. The predicted octanol–water partition coefficient (Wildman–Crippen LogP) is 4.44. The highest BCUT2D eigenvalue weighted by Gasteiger charge is 2.35. The second-order valence-corrected chi connectivity index (χ2v) is 9.51. The first kappa shape index (κ1) is 24.8. The molecule has 2 atom stereocenters. The number of benzene rings is 2. The van der Waals surface area contributed by atoms with E-state index in [1.165, 1.54) is 11.1 Å². The van der Waals surface area contributed by atoms with Crippen LogP contribution in [-0.2, 0) is 9.53 Å². The van der Waals surface area contributed by atoms with Gasteiger partial charge in [0.05, 0.1) is 24.3 Å². The summed E-state index contributed by atoms with van der Waals surface area (Å²) in [6.45, 7) is 10.3. The smallest absolute Gasteiger partial charge is 0.338 e. The number of nitrogens with zero attached hydrogens (tertiary/aromatic N) is 1. The van der Waals surface area contributed by atoms with E-state index < -0.39 is 12.0 Å². The van der Waals surface area contributed by atoms with E-state index in [1.807, 2.05) is 38.1 Å². The second-order valence-electron chi connectivity index (χ2n) is 9.51. The van der Waals surface area contributed by atoms with E-state index in [0.717, 1.165) is 30.8 Å². The summed E-state index contributed by atoms with van der Waals surface area (Å²) < 4.78 is 11.2. The van der Waals surface area contributed by atoms with Crippen molar-refractivity contribution in [3.63, 3.8) is 0 Å². The summed E-state index contributed by atoms with van der Waals surface area (Å²) in [6.07, 6.45) is 1.10. The Labute approximate surface area is 207 Å². The highest BCUT2D eigenvalue weighted by Crippen LogP contribution is 2.32. The van der Waals surface area contributed by atoms with Crippen LogP contribution in [-0.4, -0.2) is 49.2 Å². The van der Waals surface area contributed by atoms with Crippen molar-refractivity contribution in [1.29, 1.82) is 0 Å². The van der Waals surface area contributed by atoms with Gasteiger partial charge >= 0.3 is 12.0 Å². The van der Waals surface area contributed by atoms with Crippen LogP contribution in [0.2, 0.25) is 0 Å². The van der Waals surface area contributed by atoms with Gasteiger partial charge in [0, 0.05) is 18.8 Å². The minimum absolute atomic E-state index is 0.0604. The topological polar surface area (TPSA) is 79.9 Å². The Balaban J connectivity index is 1.58. The second kappa shape index (κ2) is 11.0. The summed E-state index contributed by atoms with van der Waals surface area (Å²) in [5.74, 6) is 0.755. The number of hydrogen-bond acceptors (Lipinski definition) is 5. The first-order valence-corrected chi connectivity index (χ1v) is 12.4. The maximum absolute atomic E-state index is 13.1. The number of ether oxygens (including phenoxy) is 2. The highest BCUT2D eigenvalue weighted by atomic mass is 16.5. The number of esters is 1. The summed E-state index contributed by atoms with van der Waals surface area (Å²) in [7, 11) is 0. The van der Waals surface area contributed by atoms with Gasteiger partial charge in [-0.3, -0.25) is 4.90 Å². The number of rotatable bonds is 8. The number of amides is 2. The normalized spacial score (nSPS) is 20.5. The lowest BCUT2D eigenvalue weighted by molar-refractivity contribution is -0.139. The van der Waals surface area contributed by atoms with Crippen LogP contribution in [0.1, 0.15) is 55.8 Å². The third-order valence-corrected chi connectivity index (χ3v) is 6.44. The molecule has 4 rings (SSSR count). The molecule has 2 aliphatic heterocycles. The van der Waals surface area contributed by atoms with Crippen LogP contribution < -0.4 is 15.4 Å². The van der Waals surface area contributed by atoms with Gasteiger partial charge in [0.15, 0.2) is 0 Å². The van der Waals surface area contributed by atoms with Crippen molar-refractivity contribution < 1.29 is 19.1 Å². The molecule has 0 aliphatic carbocycles. The molecule has 2 amide bonds. The summed E-state index contributed by atoms with van der Waals surface area (Å²) in [5.41, 5.74) is 4.43. The van der Waals surface area contributed by atoms with Crippen LogP contribution in [0.5, 0.6) is 5.75 Å². The first-order valence-electron chi connectivity index (χ1n) is 12.4. The van der Waals surface area contributed by atoms with E-state index in [2.05, 4.69) is 46.7 Å². The lowest BCUT2D eigenvalue weighted by Gasteiger charge is -2.31. The number of hydrogen-bond donors (Lipinski definition) is 2. The van der Waals surface area contributed by atoms with Crippen LogP contribution in [0.4, 0.5) is 4.79 Å². The summed E-state index contributed by atoms with van der Waals surface area (Å²) in [5, 5.41) is 5.80. The van der Waals surface area contributed by atoms with Gasteiger partial charge in [-0.05, 0) is 69.8 Å². The fourth-order valence-corrected chi connectivity index (χ4v) is 4.76. The Kier molecular flexibility index (Phi) is 7.76. The molecule has 0 spiro atoms. The molecule has 1 fully saturated rings. The first-order chi connectivity index (χ1) is 16.8. The average Bonchev–Trinajstić information content (AvgIpc) is 3.28. The molecule has 35 heavy (non-hydrogen) atoms. The number of likely N-dealkylation sites (tertiary alicyclic amines) is 1. The largest absolute Gasteiger partial charge is 0.491 e. The van der Waals surface area contributed by atoms with Gasteiger partial charge in [-0.15, -0.1) is 0 Å². The van der Waals surface area contributed by atoms with Crippen LogP contribution >= 0.6 is 0 Å². The zero-order valence-corrected chi connectivity index (χ0v) is 21.0. The van der Waals surface area contributed by atoms with Crippen molar-refractivity contribution in [2.45, 2.75) is 52.2 Å². The SMILES string of the molecule is CCOC(=O)C1=C(CN2CC[C@H](c3ccc(C)cc3)C2)NC(=O)N[C@H]1c1ccc(OC(C)C)cc1. The molecule has 2 heterocycles. The minimum Gasteiger partial charge on any atom is -0.491 e. The van der Waals surface area contributed by atoms with Crippen molar-refractivity contribution in [2.24, 2.45) is 0 Å². The van der Waals surface area contributed by atoms with Crippen molar-refractivity contribution in [1.82, 2.24) is 15.5 Å². The van der Waals surface area contributed by atoms with Gasteiger partial charge in [0.1, 0.15) is 5.75 Å². The Bertz CT molecular complexity index is 1080. The van der Waals surface area contributed by atoms with Crippen LogP contribution in [0, 0.1) is 6.92 Å². The molecular weight excluding hydrogens is 442 g/mol. The van der Waals surface area contributed by atoms with E-state index in [1.54, 1.807) is 6.92 Å². The average molecular weight is 478 g/mol. The molecule has 186 valence electrons. The molecule has 2 aromatic rings. The Hall–Kier alpha value is -3.32. The number of nitrogens with one attached hydrogen (secondary N) is 2. The minimum atomic E-state index is -0.596. The van der Waals surface area contributed by atoms with Gasteiger partial charge in [0.2, 0.25) is 0 Å². The van der Waals surface area contributed by atoms with Crippen LogP contribution in [0.3, 0.4) is 0 Å². The molecule has 2 aromatic carbocycles. The molecule has 2 N–H and O–H groups in total. The summed E-state index contributed by atoms with van der Waals surface area (Å²) >= 11 is 0. The maximum Gasteiger partial charge on any atom is 0.338 e. The molecule has 0 bridgehead atoms. The van der Waals surface area contributed by atoms with Crippen molar-refractivity contribution >= 4 is 12.0 Å². The summed E-state index contributed by atoms with van der Waals surface area (Å²) in [4.78, 5) is 28.0. The number of aryl methyl sites for hydroxylation is 1. The fraction of sp³-hybridized carbons (Fsp3) is 0.429. The van der Waals surface area contributed by atoms with E-state index >= 15 is 0 Å². The van der Waals surface area contributed by atoms with Gasteiger partial charge in [0.25, 0.3) is 0 Å². The van der Waals surface area contributed by atoms with Gasteiger partial charge in [-0.1, -0.05) is 42.0 Å².